The maximum Gasteiger partial charge on any atom is 0.320 e. The van der Waals surface area contributed by atoms with Crippen LogP contribution in [-0.2, 0) is 43.9 Å². The van der Waals surface area contributed by atoms with Gasteiger partial charge in [0, 0.05) is 75.8 Å². The van der Waals surface area contributed by atoms with Crippen molar-refractivity contribution in [1.82, 2.24) is 19.2 Å². The van der Waals surface area contributed by atoms with E-state index in [4.69, 9.17) is 17.9 Å². The summed E-state index contributed by atoms with van der Waals surface area (Å²) >= 11 is 0. The van der Waals surface area contributed by atoms with E-state index < -0.39 is 19.1 Å². The Labute approximate surface area is 569 Å². The van der Waals surface area contributed by atoms with Crippen LogP contribution >= 0.6 is 0 Å². The van der Waals surface area contributed by atoms with Crippen LogP contribution in [0.2, 0.25) is 0 Å². The molecule has 462 valence electrons. The molecule has 7 aromatic carbocycles. The van der Waals surface area contributed by atoms with Crippen LogP contribution in [0.25, 0.3) is 49.7 Å². The van der Waals surface area contributed by atoms with E-state index in [9.17, 15) is 0 Å². The van der Waals surface area contributed by atoms with E-state index in [1.54, 1.807) is 36.4 Å². The summed E-state index contributed by atoms with van der Waals surface area (Å²) < 4.78 is 63.4. The molecule has 5 aliphatic heterocycles. The maximum absolute atomic E-state index is 9.04. The topological polar surface area (TPSA) is 40.0 Å². The standard InChI is InChI=1S/C82H79B2N6O.Pt/c1-55(2)65-27-22-28-66(56(3)4)79(65)57-45-62(51-64(46-57)91-63-34-35-67-70-47-59(80(5,6)7)33-36-74(70)90(77(67)52-63)78-50-60(37-40-85-78)82(11,12)58-25-14-13-15-26-58)89-54-86(75-31-16-17-32-76(75)89)53-71-68(72-29-23-43-87-41-20-18-38-83(72)87)48-61(81(8,9)10)49-69(71)73-30-24-44-88-42-21-19-39-84(73)88;/h13-50,54-56H,53H2,1-12H3;/q-3;/i11D3,12D3;. The molecule has 92 heavy (non-hydrogen) atoms. The summed E-state index contributed by atoms with van der Waals surface area (Å²) in [5.74, 6) is 6.18. The molecular formula is C82H79B2N6OPt-3. The predicted molar refractivity (Wildman–Crippen MR) is 384 cm³/mol. The Hall–Kier alpha value is -8.77. The molecule has 0 atom stereocenters. The second-order valence-corrected chi connectivity index (χ2v) is 27.3. The number of fused-ring (bicyclic) bond motifs is 6. The molecule has 5 aliphatic rings. The first-order valence-electron chi connectivity index (χ1n) is 34.9. The van der Waals surface area contributed by atoms with Crippen LogP contribution in [-0.4, -0.2) is 32.9 Å². The molecule has 0 saturated carbocycles. The van der Waals surface area contributed by atoms with Gasteiger partial charge in [0.15, 0.2) is 0 Å². The van der Waals surface area contributed by atoms with Crippen molar-refractivity contribution in [3.8, 4) is 28.4 Å². The Balaban J connectivity index is 0.00000864. The van der Waals surface area contributed by atoms with Gasteiger partial charge in [-0.3, -0.25) is 0 Å². The molecule has 7 nitrogen and oxygen atoms in total. The third-order valence-electron chi connectivity index (χ3n) is 18.5. The number of allylic oxidation sites excluding steroid dienone is 8. The van der Waals surface area contributed by atoms with Gasteiger partial charge < -0.3 is 28.7 Å². The Morgan fingerprint density at radius 2 is 1.21 bits per heavy atom. The van der Waals surface area contributed by atoms with Crippen molar-refractivity contribution < 1.29 is 34.0 Å². The summed E-state index contributed by atoms with van der Waals surface area (Å²) in [6.07, 6.45) is 27.6. The normalized spacial score (nSPS) is 16.5. The summed E-state index contributed by atoms with van der Waals surface area (Å²) in [6.45, 7) is 19.2. The molecule has 0 aliphatic carbocycles. The molecule has 0 saturated heterocycles. The van der Waals surface area contributed by atoms with Crippen LogP contribution in [0.1, 0.15) is 153 Å². The fraction of sp³-hybridized carbons (Fsp3) is 0.220. The van der Waals surface area contributed by atoms with Gasteiger partial charge in [-0.2, -0.15) is 12.7 Å². The van der Waals surface area contributed by atoms with E-state index in [2.05, 4.69) is 278 Å². The second kappa shape index (κ2) is 24.4. The van der Waals surface area contributed by atoms with Gasteiger partial charge in [0.25, 0.3) is 0 Å². The van der Waals surface area contributed by atoms with E-state index >= 15 is 0 Å². The van der Waals surface area contributed by atoms with E-state index in [1.807, 2.05) is 16.7 Å². The fourth-order valence-corrected chi connectivity index (χ4v) is 13.7. The quantitative estimate of drug-likeness (QED) is 0.0846. The molecule has 2 aromatic heterocycles. The van der Waals surface area contributed by atoms with Crippen molar-refractivity contribution in [2.75, 3.05) is 9.80 Å². The van der Waals surface area contributed by atoms with Crippen molar-refractivity contribution in [2.45, 2.75) is 118 Å². The van der Waals surface area contributed by atoms with Crippen molar-refractivity contribution in [1.29, 1.82) is 0 Å². The largest absolute Gasteiger partial charge is 0.509 e. The Morgan fingerprint density at radius 1 is 0.576 bits per heavy atom. The molecule has 0 fully saturated rings. The first kappa shape index (κ1) is 54.9. The number of ether oxygens (including phenoxy) is 1. The Kier molecular flexibility index (Phi) is 14.5. The average Bonchev–Trinajstić information content (AvgIpc) is 0.807. The molecule has 0 spiro atoms. The monoisotopic (exact) mass is 1390 g/mol. The van der Waals surface area contributed by atoms with E-state index in [1.165, 1.54) is 56.6 Å². The first-order valence-corrected chi connectivity index (χ1v) is 31.9. The number of hydrogen-bond donors (Lipinski definition) is 0. The third-order valence-corrected chi connectivity index (χ3v) is 18.5. The molecule has 9 aromatic rings. The number of anilines is 3. The van der Waals surface area contributed by atoms with E-state index in [-0.39, 0.29) is 68.6 Å². The van der Waals surface area contributed by atoms with Crippen molar-refractivity contribution >= 4 is 63.5 Å². The van der Waals surface area contributed by atoms with Gasteiger partial charge in [0.1, 0.15) is 5.82 Å². The number of aromatic nitrogens is 2. The first-order chi connectivity index (χ1) is 46.3. The van der Waals surface area contributed by atoms with Gasteiger partial charge >= 0.3 is 13.7 Å². The Bertz CT molecular complexity index is 4750. The molecule has 0 N–H and O–H groups in total. The zero-order chi connectivity index (χ0) is 68.1. The smallest absolute Gasteiger partial charge is 0.320 e. The van der Waals surface area contributed by atoms with Crippen LogP contribution in [0.4, 0.5) is 17.1 Å². The molecule has 7 heterocycles. The third kappa shape index (κ3) is 11.4. The maximum atomic E-state index is 9.04. The van der Waals surface area contributed by atoms with Crippen molar-refractivity contribution in [2.24, 2.45) is 0 Å². The molecule has 14 rings (SSSR count). The van der Waals surface area contributed by atoms with Gasteiger partial charge in [-0.15, -0.1) is 47.0 Å². The average molecular weight is 1390 g/mol. The van der Waals surface area contributed by atoms with Crippen LogP contribution in [0.5, 0.6) is 11.5 Å². The minimum Gasteiger partial charge on any atom is -0.509 e. The SMILES string of the molecule is [2H]C([2H])([2H])C(c1ccccc1)(c1ccnc(-n2c3[c-]c(Oc4[c-]c(N5[CH-]N(Cc6c(C7=CC=CN8C=CC=CB78)cc(C(C)(C)C)cc6C6=CC=CN7C=CC=CB67)c6ccccc65)cc(-c5c(C(C)C)cccc5C(C)C)c4)ccc3c3cc(C(C)(C)C)ccc32)c1)C([2H])([2H])[2H].[Pt]. The van der Waals surface area contributed by atoms with E-state index in [0.717, 1.165) is 50.0 Å². The summed E-state index contributed by atoms with van der Waals surface area (Å²) in [6, 6.07) is 53.8. The number of rotatable bonds is 13. The molecule has 10 heteroatoms. The van der Waals surface area contributed by atoms with E-state index in [0.29, 0.717) is 29.4 Å². The summed E-state index contributed by atoms with van der Waals surface area (Å²) in [5, 5.41) is 1.78. The Morgan fingerprint density at radius 3 is 1.84 bits per heavy atom. The molecule has 0 unspecified atom stereocenters. The van der Waals surface area contributed by atoms with Gasteiger partial charge in [-0.05, 0) is 174 Å². The minimum absolute atomic E-state index is 0. The molecule has 0 bridgehead atoms. The number of benzene rings is 7. The number of pyridine rings is 1. The molecule has 0 radical (unpaired) electrons. The van der Waals surface area contributed by atoms with Gasteiger partial charge in [-0.25, -0.2) is 4.98 Å². The zero-order valence-electron chi connectivity index (χ0n) is 59.9. The second-order valence-electron chi connectivity index (χ2n) is 27.3. The van der Waals surface area contributed by atoms with Crippen LogP contribution < -0.4 is 14.5 Å². The molecule has 0 amide bonds. The van der Waals surface area contributed by atoms with Crippen LogP contribution in [0.3, 0.4) is 0 Å². The summed E-state index contributed by atoms with van der Waals surface area (Å²) in [4.78, 5) is 14.2. The fourth-order valence-electron chi connectivity index (χ4n) is 13.7. The summed E-state index contributed by atoms with van der Waals surface area (Å²) in [7, 11) is 0. The number of para-hydroxylation sites is 2. The number of nitrogens with zero attached hydrogens (tertiary/aromatic N) is 6. The van der Waals surface area contributed by atoms with Crippen molar-refractivity contribution in [3.05, 3.63) is 300 Å². The van der Waals surface area contributed by atoms with Gasteiger partial charge in [0.2, 0.25) is 0 Å². The van der Waals surface area contributed by atoms with Gasteiger partial charge in [0.05, 0.1) is 0 Å². The van der Waals surface area contributed by atoms with Crippen molar-refractivity contribution in [3.63, 3.8) is 0 Å². The minimum atomic E-state index is -3.00. The van der Waals surface area contributed by atoms with Crippen LogP contribution in [0.15, 0.2) is 231 Å². The zero-order valence-corrected chi connectivity index (χ0v) is 56.2. The molecular weight excluding hydrogens is 1300 g/mol. The predicted octanol–water partition coefficient (Wildman–Crippen LogP) is 20.4. The van der Waals surface area contributed by atoms with Gasteiger partial charge in [-0.1, -0.05) is 210 Å². The van der Waals surface area contributed by atoms with Crippen LogP contribution in [0, 0.1) is 18.8 Å². The summed E-state index contributed by atoms with van der Waals surface area (Å²) in [5.41, 5.74) is 14.7. The number of hydrogen-bond acceptors (Lipinski definition) is 6.